The molecule has 0 aromatic heterocycles. The van der Waals surface area contributed by atoms with Gasteiger partial charge in [-0.05, 0) is 64.1 Å². The van der Waals surface area contributed by atoms with Crippen molar-refractivity contribution in [3.63, 3.8) is 0 Å². The highest BCUT2D eigenvalue weighted by Gasteiger charge is 2.44. The Bertz CT molecular complexity index is 1160. The van der Waals surface area contributed by atoms with Crippen LogP contribution in [0.15, 0.2) is 53.4 Å². The van der Waals surface area contributed by atoms with Gasteiger partial charge in [0.15, 0.2) is 0 Å². The summed E-state index contributed by atoms with van der Waals surface area (Å²) in [5.41, 5.74) is 1.96. The number of nitrogens with one attached hydrogen (secondary N) is 1. The molecule has 176 valence electrons. The monoisotopic (exact) mass is 472 g/mol. The zero-order valence-corrected chi connectivity index (χ0v) is 20.1. The number of imide groups is 1. The van der Waals surface area contributed by atoms with Gasteiger partial charge in [-0.25, -0.2) is 13.2 Å². The molecule has 1 aliphatic heterocycles. The molecule has 0 unspecified atom stereocenters. The minimum Gasteiger partial charge on any atom is -0.325 e. The van der Waals surface area contributed by atoms with E-state index in [1.165, 1.54) is 40.5 Å². The van der Waals surface area contributed by atoms with Crippen molar-refractivity contribution in [2.45, 2.75) is 44.7 Å². The topological polar surface area (TPSA) is 107 Å². The van der Waals surface area contributed by atoms with Crippen LogP contribution < -0.4 is 10.2 Å². The number of anilines is 2. The van der Waals surface area contributed by atoms with Crippen molar-refractivity contribution in [1.29, 1.82) is 0 Å². The lowest BCUT2D eigenvalue weighted by molar-refractivity contribution is -0.130. The van der Waals surface area contributed by atoms with E-state index in [0.29, 0.717) is 11.4 Å². The maximum absolute atomic E-state index is 12.9. The number of rotatable bonds is 7. The van der Waals surface area contributed by atoms with Crippen molar-refractivity contribution in [2.24, 2.45) is 0 Å². The summed E-state index contributed by atoms with van der Waals surface area (Å²) in [7, 11) is -2.14. The summed E-state index contributed by atoms with van der Waals surface area (Å²) in [6.45, 7) is 6.64. The number of urea groups is 1. The van der Waals surface area contributed by atoms with Crippen LogP contribution in [0.2, 0.25) is 0 Å². The van der Waals surface area contributed by atoms with Crippen LogP contribution in [0.1, 0.15) is 26.3 Å². The normalized spacial score (nSPS) is 16.8. The molecule has 1 aliphatic rings. The van der Waals surface area contributed by atoms with Crippen molar-refractivity contribution in [1.82, 2.24) is 9.21 Å². The number of hydrogen-bond donors (Lipinski definition) is 1. The van der Waals surface area contributed by atoms with Gasteiger partial charge in [0, 0.05) is 24.5 Å². The fourth-order valence-corrected chi connectivity index (χ4v) is 4.78. The summed E-state index contributed by atoms with van der Waals surface area (Å²) < 4.78 is 26.4. The summed E-state index contributed by atoms with van der Waals surface area (Å²) in [4.78, 5) is 40.4. The summed E-state index contributed by atoms with van der Waals surface area (Å²) in [6.07, 6.45) is 0. The first-order valence-electron chi connectivity index (χ1n) is 10.5. The minimum atomic E-state index is -3.64. The molecular formula is C23H28N4O5S. The molecule has 4 amide bonds. The molecule has 1 atom stereocenters. The average molecular weight is 473 g/mol. The van der Waals surface area contributed by atoms with E-state index < -0.39 is 40.5 Å². The molecule has 0 radical (unpaired) electrons. The summed E-state index contributed by atoms with van der Waals surface area (Å²) >= 11 is 0. The standard InChI is InChI=1S/C23H28N4O5S/c1-15(2)25(5)33(31,32)20-12-8-18(9-13-20)24-21(28)14-26-22(29)17(4)27(23(26)30)19-10-6-16(3)7-11-19/h6-13,15,17H,14H2,1-5H3,(H,24,28)/t17-/m1/s1. The molecule has 2 aromatic rings. The van der Waals surface area contributed by atoms with Crippen molar-refractivity contribution in [3.8, 4) is 0 Å². The number of nitrogens with zero attached hydrogens (tertiary/aromatic N) is 3. The molecule has 1 fully saturated rings. The second kappa shape index (κ2) is 9.32. The Morgan fingerprint density at radius 1 is 1.06 bits per heavy atom. The second-order valence-electron chi connectivity index (χ2n) is 8.28. The Kier molecular flexibility index (Phi) is 6.89. The molecule has 1 heterocycles. The zero-order chi connectivity index (χ0) is 24.5. The quantitative estimate of drug-likeness (QED) is 0.624. The van der Waals surface area contributed by atoms with E-state index in [0.717, 1.165) is 10.5 Å². The van der Waals surface area contributed by atoms with Crippen LogP contribution in [-0.2, 0) is 19.6 Å². The molecule has 0 saturated carbocycles. The van der Waals surface area contributed by atoms with Crippen LogP contribution in [-0.4, -0.2) is 61.1 Å². The number of sulfonamides is 1. The Morgan fingerprint density at radius 2 is 1.64 bits per heavy atom. The fraction of sp³-hybridized carbons (Fsp3) is 0.348. The maximum atomic E-state index is 12.9. The van der Waals surface area contributed by atoms with Crippen molar-refractivity contribution in [3.05, 3.63) is 54.1 Å². The number of carbonyl (C=O) groups excluding carboxylic acids is 3. The molecule has 3 rings (SSSR count). The summed E-state index contributed by atoms with van der Waals surface area (Å²) in [6, 6.07) is 11.4. The molecule has 10 heteroatoms. The van der Waals surface area contributed by atoms with E-state index in [1.54, 1.807) is 32.9 Å². The number of aryl methyl sites for hydroxylation is 1. The maximum Gasteiger partial charge on any atom is 0.332 e. The molecule has 0 aliphatic carbocycles. The molecule has 0 spiro atoms. The lowest BCUT2D eigenvalue weighted by Crippen LogP contribution is -2.39. The van der Waals surface area contributed by atoms with Crippen molar-refractivity contribution < 1.29 is 22.8 Å². The van der Waals surface area contributed by atoms with Crippen molar-refractivity contribution in [2.75, 3.05) is 23.8 Å². The number of benzene rings is 2. The van der Waals surface area contributed by atoms with Gasteiger partial charge >= 0.3 is 6.03 Å². The van der Waals surface area contributed by atoms with E-state index in [2.05, 4.69) is 5.32 Å². The van der Waals surface area contributed by atoms with Gasteiger partial charge in [-0.3, -0.25) is 19.4 Å². The Hall–Kier alpha value is -3.24. The van der Waals surface area contributed by atoms with Gasteiger partial charge in [-0.1, -0.05) is 17.7 Å². The first-order chi connectivity index (χ1) is 15.4. The van der Waals surface area contributed by atoms with Crippen LogP contribution in [0, 0.1) is 6.92 Å². The lowest BCUT2D eigenvalue weighted by atomic mass is 10.2. The Morgan fingerprint density at radius 3 is 2.18 bits per heavy atom. The van der Waals surface area contributed by atoms with Gasteiger partial charge in [0.2, 0.25) is 15.9 Å². The molecule has 9 nitrogen and oxygen atoms in total. The first kappa shape index (κ1) is 24.4. The highest BCUT2D eigenvalue weighted by Crippen LogP contribution is 2.26. The smallest absolute Gasteiger partial charge is 0.325 e. The number of carbonyl (C=O) groups is 3. The van der Waals surface area contributed by atoms with Crippen LogP contribution in [0.5, 0.6) is 0 Å². The van der Waals surface area contributed by atoms with Gasteiger partial charge in [0.05, 0.1) is 4.90 Å². The zero-order valence-electron chi connectivity index (χ0n) is 19.3. The average Bonchev–Trinajstić information content (AvgIpc) is 2.97. The van der Waals surface area contributed by atoms with Gasteiger partial charge in [0.1, 0.15) is 12.6 Å². The predicted octanol–water partition coefficient (Wildman–Crippen LogP) is 2.82. The van der Waals surface area contributed by atoms with Crippen LogP contribution in [0.3, 0.4) is 0 Å². The lowest BCUT2D eigenvalue weighted by Gasteiger charge is -2.21. The fourth-order valence-electron chi connectivity index (χ4n) is 3.41. The van der Waals surface area contributed by atoms with Crippen molar-refractivity contribution >= 4 is 39.2 Å². The largest absolute Gasteiger partial charge is 0.332 e. The summed E-state index contributed by atoms with van der Waals surface area (Å²) in [5, 5.41) is 2.61. The van der Waals surface area contributed by atoms with Gasteiger partial charge in [-0.2, -0.15) is 4.31 Å². The van der Waals surface area contributed by atoms with E-state index in [-0.39, 0.29) is 10.9 Å². The van der Waals surface area contributed by atoms with Crippen LogP contribution >= 0.6 is 0 Å². The van der Waals surface area contributed by atoms with E-state index >= 15 is 0 Å². The minimum absolute atomic E-state index is 0.101. The first-order valence-corrected chi connectivity index (χ1v) is 12.0. The highest BCUT2D eigenvalue weighted by atomic mass is 32.2. The Labute approximate surface area is 194 Å². The molecule has 2 aromatic carbocycles. The third-order valence-corrected chi connectivity index (χ3v) is 7.65. The van der Waals surface area contributed by atoms with Gasteiger partial charge in [-0.15, -0.1) is 0 Å². The molecule has 0 bridgehead atoms. The molecule has 1 N–H and O–H groups in total. The second-order valence-corrected chi connectivity index (χ2v) is 10.3. The SMILES string of the molecule is Cc1ccc(N2C(=O)N(CC(=O)Nc3ccc(S(=O)(=O)N(C)C(C)C)cc3)C(=O)[C@H]2C)cc1. The van der Waals surface area contributed by atoms with Gasteiger partial charge < -0.3 is 5.32 Å². The Balaban J connectivity index is 1.69. The van der Waals surface area contributed by atoms with E-state index in [9.17, 15) is 22.8 Å². The number of hydrogen-bond acceptors (Lipinski definition) is 5. The molecular weight excluding hydrogens is 444 g/mol. The van der Waals surface area contributed by atoms with E-state index in [4.69, 9.17) is 0 Å². The van der Waals surface area contributed by atoms with Crippen LogP contribution in [0.4, 0.5) is 16.2 Å². The molecule has 1 saturated heterocycles. The summed E-state index contributed by atoms with van der Waals surface area (Å²) in [5.74, 6) is -1.03. The predicted molar refractivity (Wildman–Crippen MR) is 125 cm³/mol. The molecule has 33 heavy (non-hydrogen) atoms. The number of amides is 4. The van der Waals surface area contributed by atoms with Gasteiger partial charge in [0.25, 0.3) is 5.91 Å². The highest BCUT2D eigenvalue weighted by molar-refractivity contribution is 7.89. The third-order valence-electron chi connectivity index (χ3n) is 5.60. The van der Waals surface area contributed by atoms with Crippen LogP contribution in [0.25, 0.3) is 0 Å². The van der Waals surface area contributed by atoms with E-state index in [1.807, 2.05) is 19.1 Å². The third kappa shape index (κ3) is 4.91.